The summed E-state index contributed by atoms with van der Waals surface area (Å²) < 4.78 is 0. The van der Waals surface area contributed by atoms with Crippen LogP contribution in [0.2, 0.25) is 0 Å². The predicted octanol–water partition coefficient (Wildman–Crippen LogP) is 3.40. The Morgan fingerprint density at radius 3 is 2.20 bits per heavy atom. The summed E-state index contributed by atoms with van der Waals surface area (Å²) in [7, 11) is 3.87. The minimum absolute atomic E-state index is 0.614. The maximum Gasteiger partial charge on any atom is 0.0421 e. The van der Waals surface area contributed by atoms with Crippen LogP contribution in [-0.4, -0.2) is 19.8 Å². The Morgan fingerprint density at radius 1 is 1.27 bits per heavy atom. The van der Waals surface area contributed by atoms with Gasteiger partial charge in [-0.05, 0) is 32.3 Å². The van der Waals surface area contributed by atoms with Gasteiger partial charge in [0, 0.05) is 31.4 Å². The van der Waals surface area contributed by atoms with Crippen LogP contribution in [0.5, 0.6) is 0 Å². The van der Waals surface area contributed by atoms with Crippen LogP contribution in [0.15, 0.2) is 16.3 Å². The van der Waals surface area contributed by atoms with Crippen LogP contribution >= 0.6 is 0 Å². The number of hydrogen-bond donors (Lipinski definition) is 1. The zero-order valence-corrected chi connectivity index (χ0v) is 11.1. The number of nitrogens with one attached hydrogen (secondary N) is 1. The van der Waals surface area contributed by atoms with E-state index in [1.807, 2.05) is 14.1 Å². The molecule has 0 spiro atoms. The molecule has 1 N–H and O–H groups in total. The van der Waals surface area contributed by atoms with E-state index in [4.69, 9.17) is 0 Å². The molecular formula is C13H26N2. The highest BCUT2D eigenvalue weighted by molar-refractivity contribution is 6.01. The zero-order chi connectivity index (χ0) is 11.8. The maximum absolute atomic E-state index is 4.47. The average molecular weight is 210 g/mol. The second-order valence-electron chi connectivity index (χ2n) is 4.00. The van der Waals surface area contributed by atoms with Crippen LogP contribution in [-0.2, 0) is 0 Å². The normalized spacial score (nSPS) is 16.0. The van der Waals surface area contributed by atoms with Crippen LogP contribution in [0, 0.1) is 5.92 Å². The summed E-state index contributed by atoms with van der Waals surface area (Å²) in [5.41, 5.74) is 3.80. The first-order valence-electron chi connectivity index (χ1n) is 5.94. The first kappa shape index (κ1) is 14.2. The lowest BCUT2D eigenvalue weighted by molar-refractivity contribution is 0.593. The van der Waals surface area contributed by atoms with Gasteiger partial charge in [-0.3, -0.25) is 4.99 Å². The van der Waals surface area contributed by atoms with Gasteiger partial charge in [-0.15, -0.1) is 0 Å². The molecule has 15 heavy (non-hydrogen) atoms. The smallest absolute Gasteiger partial charge is 0.0421 e. The van der Waals surface area contributed by atoms with Gasteiger partial charge in [0.05, 0.1) is 0 Å². The Balaban J connectivity index is 4.90. The van der Waals surface area contributed by atoms with E-state index in [9.17, 15) is 0 Å². The molecule has 2 nitrogen and oxygen atoms in total. The molecule has 2 heteroatoms. The number of rotatable bonds is 6. The van der Waals surface area contributed by atoms with Gasteiger partial charge in [0.25, 0.3) is 0 Å². The largest absolute Gasteiger partial charge is 0.391 e. The summed E-state index contributed by atoms with van der Waals surface area (Å²) in [4.78, 5) is 4.47. The van der Waals surface area contributed by atoms with E-state index in [2.05, 4.69) is 38.0 Å². The molecule has 0 aliphatic heterocycles. The van der Waals surface area contributed by atoms with Crippen molar-refractivity contribution in [2.24, 2.45) is 10.9 Å². The van der Waals surface area contributed by atoms with Crippen molar-refractivity contribution in [2.45, 2.75) is 47.0 Å². The number of aliphatic imine (C=N–C) groups is 1. The minimum atomic E-state index is 0.614. The fourth-order valence-corrected chi connectivity index (χ4v) is 1.92. The van der Waals surface area contributed by atoms with Crippen molar-refractivity contribution in [1.82, 2.24) is 5.32 Å². The van der Waals surface area contributed by atoms with Crippen LogP contribution in [0.3, 0.4) is 0 Å². The lowest BCUT2D eigenvalue weighted by Gasteiger charge is -2.19. The van der Waals surface area contributed by atoms with Crippen molar-refractivity contribution in [1.29, 1.82) is 0 Å². The highest BCUT2D eigenvalue weighted by Crippen LogP contribution is 2.19. The van der Waals surface area contributed by atoms with Crippen LogP contribution in [0.1, 0.15) is 47.0 Å². The SMILES string of the molecule is CCCC(CC)C(=NC)C(C)=C(C)NC. The van der Waals surface area contributed by atoms with Crippen molar-refractivity contribution in [3.8, 4) is 0 Å². The van der Waals surface area contributed by atoms with Crippen molar-refractivity contribution in [3.63, 3.8) is 0 Å². The van der Waals surface area contributed by atoms with Crippen molar-refractivity contribution in [3.05, 3.63) is 11.3 Å². The molecule has 0 radical (unpaired) electrons. The summed E-state index contributed by atoms with van der Waals surface area (Å²) in [6.07, 6.45) is 3.63. The first-order chi connectivity index (χ1) is 7.12. The van der Waals surface area contributed by atoms with E-state index in [0.717, 1.165) is 0 Å². The molecular weight excluding hydrogens is 184 g/mol. The summed E-state index contributed by atoms with van der Waals surface area (Å²) in [5, 5.41) is 3.20. The van der Waals surface area contributed by atoms with Gasteiger partial charge in [0.15, 0.2) is 0 Å². The molecule has 0 amide bonds. The van der Waals surface area contributed by atoms with Gasteiger partial charge in [-0.1, -0.05) is 20.3 Å². The van der Waals surface area contributed by atoms with E-state index in [0.29, 0.717) is 5.92 Å². The van der Waals surface area contributed by atoms with Gasteiger partial charge in [0.2, 0.25) is 0 Å². The van der Waals surface area contributed by atoms with Gasteiger partial charge in [0.1, 0.15) is 0 Å². The maximum atomic E-state index is 4.47. The van der Waals surface area contributed by atoms with E-state index >= 15 is 0 Å². The fraction of sp³-hybridized carbons (Fsp3) is 0.769. The van der Waals surface area contributed by atoms with Crippen molar-refractivity contribution in [2.75, 3.05) is 14.1 Å². The topological polar surface area (TPSA) is 24.4 Å². The van der Waals surface area contributed by atoms with Gasteiger partial charge in [-0.25, -0.2) is 0 Å². The number of allylic oxidation sites excluding steroid dienone is 2. The average Bonchev–Trinajstić information content (AvgIpc) is 2.27. The Bertz CT molecular complexity index is 239. The molecule has 0 aliphatic rings. The standard InChI is InChI=1S/C13H26N2/c1-7-9-12(8-2)13(15-6)10(3)11(4)14-5/h12,14H,7-9H2,1-6H3. The predicted molar refractivity (Wildman–Crippen MR) is 69.5 cm³/mol. The third kappa shape index (κ3) is 4.06. The molecule has 1 atom stereocenters. The summed E-state index contributed by atoms with van der Waals surface area (Å²) in [6, 6.07) is 0. The third-order valence-corrected chi connectivity index (χ3v) is 3.08. The highest BCUT2D eigenvalue weighted by atomic mass is 14.8. The molecule has 0 aliphatic carbocycles. The number of nitrogens with zero attached hydrogens (tertiary/aromatic N) is 1. The Kier molecular flexibility index (Phi) is 7.10. The Morgan fingerprint density at radius 2 is 1.87 bits per heavy atom. The van der Waals surface area contributed by atoms with Crippen LogP contribution in [0.25, 0.3) is 0 Å². The van der Waals surface area contributed by atoms with E-state index in [1.54, 1.807) is 0 Å². The molecule has 0 rings (SSSR count). The molecule has 1 unspecified atom stereocenters. The zero-order valence-electron chi connectivity index (χ0n) is 11.1. The molecule has 0 heterocycles. The fourth-order valence-electron chi connectivity index (χ4n) is 1.92. The highest BCUT2D eigenvalue weighted by Gasteiger charge is 2.15. The van der Waals surface area contributed by atoms with Gasteiger partial charge in [-0.2, -0.15) is 0 Å². The van der Waals surface area contributed by atoms with Crippen LogP contribution < -0.4 is 5.32 Å². The van der Waals surface area contributed by atoms with Crippen molar-refractivity contribution >= 4 is 5.71 Å². The Hall–Kier alpha value is -0.790. The molecule has 0 aromatic carbocycles. The van der Waals surface area contributed by atoms with E-state index < -0.39 is 0 Å². The molecule has 0 aromatic heterocycles. The summed E-state index contributed by atoms with van der Waals surface area (Å²) in [5.74, 6) is 0.614. The summed E-state index contributed by atoms with van der Waals surface area (Å²) >= 11 is 0. The molecule has 0 fully saturated rings. The van der Waals surface area contributed by atoms with E-state index in [1.165, 1.54) is 36.2 Å². The second-order valence-corrected chi connectivity index (χ2v) is 4.00. The monoisotopic (exact) mass is 210 g/mol. The molecule has 88 valence electrons. The molecule has 0 bridgehead atoms. The van der Waals surface area contributed by atoms with Gasteiger partial charge < -0.3 is 5.32 Å². The van der Waals surface area contributed by atoms with Crippen molar-refractivity contribution < 1.29 is 0 Å². The quantitative estimate of drug-likeness (QED) is 0.668. The van der Waals surface area contributed by atoms with Crippen LogP contribution in [0.4, 0.5) is 0 Å². The Labute approximate surface area is 94.9 Å². The van der Waals surface area contributed by atoms with E-state index in [-0.39, 0.29) is 0 Å². The lowest BCUT2D eigenvalue weighted by Crippen LogP contribution is -2.19. The molecule has 0 aromatic rings. The first-order valence-corrected chi connectivity index (χ1v) is 5.94. The summed E-state index contributed by atoms with van der Waals surface area (Å²) in [6.45, 7) is 8.75. The second kappa shape index (κ2) is 7.49. The third-order valence-electron chi connectivity index (χ3n) is 3.08. The molecule has 0 saturated carbocycles. The minimum Gasteiger partial charge on any atom is -0.391 e. The number of hydrogen-bond acceptors (Lipinski definition) is 2. The molecule has 0 saturated heterocycles. The lowest BCUT2D eigenvalue weighted by atomic mass is 9.90. The van der Waals surface area contributed by atoms with Gasteiger partial charge >= 0.3 is 0 Å².